The maximum absolute atomic E-state index is 6.05. The highest BCUT2D eigenvalue weighted by molar-refractivity contribution is 7.14. The topological polar surface area (TPSA) is 39.7 Å². The molecule has 4 nitrogen and oxygen atoms in total. The Morgan fingerprint density at radius 3 is 2.81 bits per heavy atom. The van der Waals surface area contributed by atoms with Crippen molar-refractivity contribution in [3.05, 3.63) is 52.4 Å². The number of hydrogen-bond acceptors (Lipinski definition) is 3. The van der Waals surface area contributed by atoms with Gasteiger partial charge in [-0.05, 0) is 61.4 Å². The van der Waals surface area contributed by atoms with Gasteiger partial charge in [-0.3, -0.25) is 4.99 Å². The van der Waals surface area contributed by atoms with E-state index in [0.29, 0.717) is 6.04 Å². The van der Waals surface area contributed by atoms with Crippen LogP contribution in [0.3, 0.4) is 0 Å². The number of rotatable bonds is 6. The second kappa shape index (κ2) is 9.83. The summed E-state index contributed by atoms with van der Waals surface area (Å²) in [6.45, 7) is 5.93. The lowest BCUT2D eigenvalue weighted by atomic mass is 10.1. The molecule has 0 unspecified atom stereocenters. The summed E-state index contributed by atoms with van der Waals surface area (Å²) in [4.78, 5) is 7.22. The first kappa shape index (κ1) is 19.1. The Morgan fingerprint density at radius 1 is 1.27 bits per heavy atom. The molecule has 6 heteroatoms. The number of aliphatic imine (C=N–C) groups is 1. The van der Waals surface area contributed by atoms with Crippen molar-refractivity contribution in [3.63, 3.8) is 0 Å². The van der Waals surface area contributed by atoms with Crippen LogP contribution in [0.25, 0.3) is 0 Å². The number of thiophene rings is 1. The molecule has 0 saturated carbocycles. The van der Waals surface area contributed by atoms with E-state index in [9.17, 15) is 0 Å². The third-order valence-corrected chi connectivity index (χ3v) is 5.72. The molecule has 26 heavy (non-hydrogen) atoms. The van der Waals surface area contributed by atoms with Gasteiger partial charge in [-0.25, -0.2) is 0 Å². The van der Waals surface area contributed by atoms with E-state index >= 15 is 0 Å². The zero-order valence-corrected chi connectivity index (χ0v) is 16.8. The molecule has 0 spiro atoms. The van der Waals surface area contributed by atoms with Gasteiger partial charge < -0.3 is 15.5 Å². The highest BCUT2D eigenvalue weighted by Gasteiger charge is 2.20. The minimum absolute atomic E-state index is 0.482. The molecule has 0 atom stereocenters. The Balaban J connectivity index is 1.48. The van der Waals surface area contributed by atoms with Crippen LogP contribution >= 0.6 is 22.9 Å². The Kier molecular flexibility index (Phi) is 7.21. The van der Waals surface area contributed by atoms with Crippen molar-refractivity contribution in [1.82, 2.24) is 10.6 Å². The molecule has 1 saturated heterocycles. The first-order chi connectivity index (χ1) is 12.7. The number of hydrogen-bond donors (Lipinski definition) is 2. The molecule has 0 amide bonds. The molecule has 1 aliphatic heterocycles. The molecule has 0 radical (unpaired) electrons. The molecule has 0 aliphatic carbocycles. The van der Waals surface area contributed by atoms with Gasteiger partial charge in [0, 0.05) is 37.2 Å². The van der Waals surface area contributed by atoms with Crippen LogP contribution < -0.4 is 15.5 Å². The van der Waals surface area contributed by atoms with Crippen LogP contribution in [-0.4, -0.2) is 38.2 Å². The van der Waals surface area contributed by atoms with Crippen molar-refractivity contribution in [3.8, 4) is 0 Å². The predicted molar refractivity (Wildman–Crippen MR) is 114 cm³/mol. The van der Waals surface area contributed by atoms with Gasteiger partial charge in [-0.2, -0.15) is 0 Å². The summed E-state index contributed by atoms with van der Waals surface area (Å²) in [6, 6.07) is 12.8. The predicted octanol–water partition coefficient (Wildman–Crippen LogP) is 4.17. The van der Waals surface area contributed by atoms with E-state index in [0.717, 1.165) is 56.4 Å². The smallest absolute Gasteiger partial charge is 0.191 e. The van der Waals surface area contributed by atoms with Crippen molar-refractivity contribution in [1.29, 1.82) is 0 Å². The number of benzene rings is 1. The van der Waals surface area contributed by atoms with E-state index < -0.39 is 0 Å². The normalized spacial score (nSPS) is 15.9. The standard InChI is InChI=1S/C20H27ClN4S/c1-2-22-20(23-11-8-16-5-3-6-17(21)15-16)24-18-9-12-25(13-10-18)19-7-4-14-26-19/h3-7,14-15,18H,2,8-13H2,1H3,(H2,22,23,24). The molecular weight excluding hydrogens is 364 g/mol. The van der Waals surface area contributed by atoms with E-state index in [2.05, 4.69) is 46.0 Å². The lowest BCUT2D eigenvalue weighted by molar-refractivity contribution is 0.463. The van der Waals surface area contributed by atoms with Crippen molar-refractivity contribution in [2.75, 3.05) is 31.1 Å². The molecule has 2 aromatic rings. The van der Waals surface area contributed by atoms with E-state index in [1.165, 1.54) is 10.6 Å². The zero-order chi connectivity index (χ0) is 18.2. The third-order valence-electron chi connectivity index (χ3n) is 4.56. The summed E-state index contributed by atoms with van der Waals surface area (Å²) in [5.41, 5.74) is 1.22. The van der Waals surface area contributed by atoms with E-state index in [1.54, 1.807) is 0 Å². The molecule has 1 aromatic heterocycles. The molecule has 2 N–H and O–H groups in total. The van der Waals surface area contributed by atoms with Gasteiger partial charge in [0.1, 0.15) is 0 Å². The molecule has 1 aromatic carbocycles. The van der Waals surface area contributed by atoms with Crippen LogP contribution in [0, 0.1) is 0 Å². The summed E-state index contributed by atoms with van der Waals surface area (Å²) in [7, 11) is 0. The van der Waals surface area contributed by atoms with Crippen LogP contribution in [0.5, 0.6) is 0 Å². The van der Waals surface area contributed by atoms with Gasteiger partial charge in [0.05, 0.1) is 5.00 Å². The van der Waals surface area contributed by atoms with Crippen molar-refractivity contribution >= 4 is 33.9 Å². The fourth-order valence-corrected chi connectivity index (χ4v) is 4.19. The zero-order valence-electron chi connectivity index (χ0n) is 15.2. The summed E-state index contributed by atoms with van der Waals surface area (Å²) in [5, 5.41) is 11.3. The van der Waals surface area contributed by atoms with Gasteiger partial charge in [0.25, 0.3) is 0 Å². The van der Waals surface area contributed by atoms with E-state index in [-0.39, 0.29) is 0 Å². The minimum Gasteiger partial charge on any atom is -0.363 e. The lowest BCUT2D eigenvalue weighted by Crippen LogP contribution is -2.48. The number of piperidine rings is 1. The van der Waals surface area contributed by atoms with Gasteiger partial charge in [0.15, 0.2) is 5.96 Å². The van der Waals surface area contributed by atoms with Crippen molar-refractivity contribution in [2.24, 2.45) is 4.99 Å². The second-order valence-electron chi connectivity index (χ2n) is 6.50. The number of guanidine groups is 1. The monoisotopic (exact) mass is 390 g/mol. The van der Waals surface area contributed by atoms with Crippen LogP contribution in [0.4, 0.5) is 5.00 Å². The average Bonchev–Trinajstić information content (AvgIpc) is 3.17. The molecule has 0 bridgehead atoms. The Morgan fingerprint density at radius 2 is 2.12 bits per heavy atom. The number of anilines is 1. The van der Waals surface area contributed by atoms with Gasteiger partial charge in [0.2, 0.25) is 0 Å². The van der Waals surface area contributed by atoms with E-state index in [1.807, 2.05) is 29.5 Å². The lowest BCUT2D eigenvalue weighted by Gasteiger charge is -2.33. The Bertz CT molecular complexity index is 694. The minimum atomic E-state index is 0.482. The largest absolute Gasteiger partial charge is 0.363 e. The van der Waals surface area contributed by atoms with E-state index in [4.69, 9.17) is 16.6 Å². The van der Waals surface area contributed by atoms with Crippen LogP contribution in [0.2, 0.25) is 5.02 Å². The first-order valence-corrected chi connectivity index (χ1v) is 10.6. The number of nitrogens with one attached hydrogen (secondary N) is 2. The Hall–Kier alpha value is -1.72. The summed E-state index contributed by atoms with van der Waals surface area (Å²) < 4.78 is 0. The summed E-state index contributed by atoms with van der Waals surface area (Å²) >= 11 is 7.87. The van der Waals surface area contributed by atoms with Gasteiger partial charge in [-0.1, -0.05) is 23.7 Å². The number of halogens is 1. The second-order valence-corrected chi connectivity index (χ2v) is 7.86. The molecule has 3 rings (SSSR count). The first-order valence-electron chi connectivity index (χ1n) is 9.32. The SMILES string of the molecule is CCNC(=NCCc1cccc(Cl)c1)NC1CCN(c2cccs2)CC1. The maximum Gasteiger partial charge on any atom is 0.191 e. The molecule has 140 valence electrons. The van der Waals surface area contributed by atoms with Crippen molar-refractivity contribution in [2.45, 2.75) is 32.2 Å². The molecule has 1 aliphatic rings. The quantitative estimate of drug-likeness (QED) is 0.574. The molecule has 2 heterocycles. The van der Waals surface area contributed by atoms with Gasteiger partial charge >= 0.3 is 0 Å². The fraction of sp³-hybridized carbons (Fsp3) is 0.450. The highest BCUT2D eigenvalue weighted by Crippen LogP contribution is 2.24. The molecule has 1 fully saturated rings. The number of nitrogens with zero attached hydrogens (tertiary/aromatic N) is 2. The van der Waals surface area contributed by atoms with Crippen LogP contribution in [0.15, 0.2) is 46.8 Å². The Labute approximate surface area is 165 Å². The van der Waals surface area contributed by atoms with Crippen LogP contribution in [-0.2, 0) is 6.42 Å². The van der Waals surface area contributed by atoms with Crippen molar-refractivity contribution < 1.29 is 0 Å². The summed E-state index contributed by atoms with van der Waals surface area (Å²) in [5.74, 6) is 0.920. The highest BCUT2D eigenvalue weighted by atomic mass is 35.5. The van der Waals surface area contributed by atoms with Gasteiger partial charge in [-0.15, -0.1) is 11.3 Å². The fourth-order valence-electron chi connectivity index (χ4n) is 3.20. The average molecular weight is 391 g/mol. The summed E-state index contributed by atoms with van der Waals surface area (Å²) in [6.07, 6.45) is 3.17. The maximum atomic E-state index is 6.05. The van der Waals surface area contributed by atoms with Crippen LogP contribution in [0.1, 0.15) is 25.3 Å². The molecular formula is C20H27ClN4S. The third kappa shape index (κ3) is 5.64.